The van der Waals surface area contributed by atoms with Gasteiger partial charge in [-0.1, -0.05) is 37.6 Å². The Morgan fingerprint density at radius 2 is 1.88 bits per heavy atom. The van der Waals surface area contributed by atoms with E-state index in [1.165, 1.54) is 0 Å². The standard InChI is InChI=1S/C26H38N4O3/c1-9-29-20-14-30(19(12-15(2)3)23(31)28-26(6,7)8)24(32)21(20)22(27-25(29)33)18-11-10-16(4)13-17(18)5/h10-11,13,15,19,22H,9,12,14H2,1-8H3,(H,27,33)(H,28,31)/t19-,22+/m0/s1. The highest BCUT2D eigenvalue weighted by atomic mass is 16.2. The number of hydrogen-bond donors (Lipinski definition) is 2. The molecular weight excluding hydrogens is 416 g/mol. The molecule has 2 atom stereocenters. The first-order valence-corrected chi connectivity index (χ1v) is 11.8. The second-order valence-electron chi connectivity index (χ2n) is 10.7. The van der Waals surface area contributed by atoms with Crippen LogP contribution in [0, 0.1) is 19.8 Å². The minimum Gasteiger partial charge on any atom is -0.350 e. The number of carbonyl (C=O) groups is 3. The van der Waals surface area contributed by atoms with Gasteiger partial charge in [-0.05, 0) is 65.0 Å². The van der Waals surface area contributed by atoms with Gasteiger partial charge in [0, 0.05) is 12.1 Å². The molecule has 180 valence electrons. The summed E-state index contributed by atoms with van der Waals surface area (Å²) in [7, 11) is 0. The number of rotatable bonds is 6. The first-order chi connectivity index (χ1) is 15.3. The predicted molar refractivity (Wildman–Crippen MR) is 129 cm³/mol. The maximum absolute atomic E-state index is 13.9. The largest absolute Gasteiger partial charge is 0.350 e. The quantitative estimate of drug-likeness (QED) is 0.686. The molecule has 0 aromatic heterocycles. The summed E-state index contributed by atoms with van der Waals surface area (Å²) in [6.45, 7) is 16.5. The van der Waals surface area contributed by atoms with Crippen molar-refractivity contribution in [3.63, 3.8) is 0 Å². The Balaban J connectivity index is 2.04. The van der Waals surface area contributed by atoms with E-state index in [9.17, 15) is 14.4 Å². The van der Waals surface area contributed by atoms with Crippen LogP contribution < -0.4 is 10.6 Å². The lowest BCUT2D eigenvalue weighted by atomic mass is 9.91. The lowest BCUT2D eigenvalue weighted by molar-refractivity contribution is -0.137. The molecule has 1 aromatic carbocycles. The van der Waals surface area contributed by atoms with Crippen molar-refractivity contribution in [2.45, 2.75) is 79.4 Å². The van der Waals surface area contributed by atoms with Gasteiger partial charge in [-0.25, -0.2) is 4.79 Å². The number of carbonyl (C=O) groups excluding carboxylic acids is 3. The maximum Gasteiger partial charge on any atom is 0.322 e. The zero-order valence-electron chi connectivity index (χ0n) is 21.2. The number of nitrogens with one attached hydrogen (secondary N) is 2. The molecule has 3 rings (SSSR count). The monoisotopic (exact) mass is 454 g/mol. The average molecular weight is 455 g/mol. The SMILES string of the molecule is CCN1C(=O)N[C@H](c2ccc(C)cc2C)C2=C1CN([C@@H](CC(C)C)C(=O)NC(C)(C)C)C2=O. The molecule has 2 aliphatic rings. The summed E-state index contributed by atoms with van der Waals surface area (Å²) in [6.07, 6.45) is 0.552. The first kappa shape index (κ1) is 24.8. The van der Waals surface area contributed by atoms with E-state index >= 15 is 0 Å². The molecular formula is C26H38N4O3. The van der Waals surface area contributed by atoms with E-state index in [4.69, 9.17) is 0 Å². The van der Waals surface area contributed by atoms with Gasteiger partial charge < -0.3 is 15.5 Å². The van der Waals surface area contributed by atoms with Crippen LogP contribution in [0.5, 0.6) is 0 Å². The number of benzene rings is 1. The fourth-order valence-corrected chi connectivity index (χ4v) is 4.76. The lowest BCUT2D eigenvalue weighted by Crippen LogP contribution is -2.53. The molecule has 2 N–H and O–H groups in total. The fraction of sp³-hybridized carbons (Fsp3) is 0.577. The van der Waals surface area contributed by atoms with Gasteiger partial charge in [0.2, 0.25) is 5.91 Å². The lowest BCUT2D eigenvalue weighted by Gasteiger charge is -2.33. The fourth-order valence-electron chi connectivity index (χ4n) is 4.76. The number of amides is 4. The molecule has 7 heteroatoms. The van der Waals surface area contributed by atoms with Crippen LogP contribution in [0.3, 0.4) is 0 Å². The van der Waals surface area contributed by atoms with Crippen LogP contribution in [-0.2, 0) is 9.59 Å². The Hall–Kier alpha value is -2.83. The zero-order valence-corrected chi connectivity index (χ0v) is 21.2. The molecule has 2 heterocycles. The van der Waals surface area contributed by atoms with Crippen molar-refractivity contribution in [1.82, 2.24) is 20.4 Å². The van der Waals surface area contributed by atoms with Gasteiger partial charge in [-0.15, -0.1) is 0 Å². The summed E-state index contributed by atoms with van der Waals surface area (Å²) >= 11 is 0. The maximum atomic E-state index is 13.9. The Bertz CT molecular complexity index is 990. The molecule has 0 aliphatic carbocycles. The third-order valence-corrected chi connectivity index (χ3v) is 6.17. The van der Waals surface area contributed by atoms with E-state index in [-0.39, 0.29) is 30.3 Å². The topological polar surface area (TPSA) is 81.8 Å². The summed E-state index contributed by atoms with van der Waals surface area (Å²) in [5.41, 5.74) is 3.92. The molecule has 0 spiro atoms. The third kappa shape index (κ3) is 5.07. The number of aryl methyl sites for hydroxylation is 2. The van der Waals surface area contributed by atoms with Crippen LogP contribution in [0.15, 0.2) is 29.5 Å². The molecule has 0 unspecified atom stereocenters. The van der Waals surface area contributed by atoms with E-state index < -0.39 is 17.6 Å². The van der Waals surface area contributed by atoms with Crippen LogP contribution in [-0.4, -0.2) is 52.3 Å². The molecule has 4 amide bonds. The average Bonchev–Trinajstić information content (AvgIpc) is 3.01. The minimum absolute atomic E-state index is 0.158. The highest BCUT2D eigenvalue weighted by molar-refractivity contribution is 6.03. The van der Waals surface area contributed by atoms with E-state index in [0.29, 0.717) is 24.2 Å². The normalized spacial score (nSPS) is 19.7. The van der Waals surface area contributed by atoms with Crippen LogP contribution in [0.2, 0.25) is 0 Å². The second-order valence-corrected chi connectivity index (χ2v) is 10.7. The van der Waals surface area contributed by atoms with Crippen molar-refractivity contribution in [1.29, 1.82) is 0 Å². The number of nitrogens with zero attached hydrogens (tertiary/aromatic N) is 2. The van der Waals surface area contributed by atoms with Crippen molar-refractivity contribution in [3.8, 4) is 0 Å². The summed E-state index contributed by atoms with van der Waals surface area (Å²) in [4.78, 5) is 43.4. The minimum atomic E-state index is -0.601. The Kier molecular flexibility index (Phi) is 6.91. The van der Waals surface area contributed by atoms with Crippen molar-refractivity contribution >= 4 is 17.8 Å². The number of urea groups is 1. The van der Waals surface area contributed by atoms with Crippen molar-refractivity contribution in [3.05, 3.63) is 46.2 Å². The van der Waals surface area contributed by atoms with E-state index in [1.54, 1.807) is 9.80 Å². The molecule has 0 fully saturated rings. The third-order valence-electron chi connectivity index (χ3n) is 6.17. The molecule has 7 nitrogen and oxygen atoms in total. The first-order valence-electron chi connectivity index (χ1n) is 11.8. The zero-order chi connectivity index (χ0) is 24.7. The molecule has 33 heavy (non-hydrogen) atoms. The van der Waals surface area contributed by atoms with Gasteiger partial charge in [0.25, 0.3) is 5.91 Å². The van der Waals surface area contributed by atoms with Gasteiger partial charge in [-0.3, -0.25) is 14.5 Å². The van der Waals surface area contributed by atoms with Crippen molar-refractivity contribution in [2.75, 3.05) is 13.1 Å². The Morgan fingerprint density at radius 3 is 2.42 bits per heavy atom. The molecule has 0 saturated carbocycles. The van der Waals surface area contributed by atoms with Crippen LogP contribution in [0.25, 0.3) is 0 Å². The van der Waals surface area contributed by atoms with Crippen LogP contribution in [0.4, 0.5) is 4.79 Å². The molecule has 0 bridgehead atoms. The van der Waals surface area contributed by atoms with Crippen LogP contribution in [0.1, 0.15) is 70.7 Å². The Morgan fingerprint density at radius 1 is 1.21 bits per heavy atom. The summed E-state index contributed by atoms with van der Waals surface area (Å²) in [5.74, 6) is -0.110. The predicted octanol–water partition coefficient (Wildman–Crippen LogP) is 3.82. The molecule has 0 radical (unpaired) electrons. The van der Waals surface area contributed by atoms with Gasteiger partial charge in [0.05, 0.1) is 23.9 Å². The molecule has 1 aromatic rings. The number of likely N-dealkylation sites (N-methyl/N-ethyl adjacent to an activating group) is 1. The smallest absolute Gasteiger partial charge is 0.322 e. The van der Waals surface area contributed by atoms with Gasteiger partial charge in [0.1, 0.15) is 6.04 Å². The van der Waals surface area contributed by atoms with Crippen molar-refractivity contribution < 1.29 is 14.4 Å². The van der Waals surface area contributed by atoms with Gasteiger partial charge >= 0.3 is 6.03 Å². The second kappa shape index (κ2) is 9.20. The van der Waals surface area contributed by atoms with E-state index in [1.807, 2.05) is 67.5 Å². The number of hydrogen-bond acceptors (Lipinski definition) is 3. The highest BCUT2D eigenvalue weighted by Crippen LogP contribution is 2.38. The molecule has 0 saturated heterocycles. The summed E-state index contributed by atoms with van der Waals surface area (Å²) < 4.78 is 0. The Labute approximate surface area is 197 Å². The highest BCUT2D eigenvalue weighted by Gasteiger charge is 2.47. The van der Waals surface area contributed by atoms with Crippen molar-refractivity contribution in [2.24, 2.45) is 5.92 Å². The van der Waals surface area contributed by atoms with E-state index in [2.05, 4.69) is 16.7 Å². The van der Waals surface area contributed by atoms with Crippen LogP contribution >= 0.6 is 0 Å². The van der Waals surface area contributed by atoms with Gasteiger partial charge in [-0.2, -0.15) is 0 Å². The summed E-state index contributed by atoms with van der Waals surface area (Å²) in [5, 5.41) is 6.09. The summed E-state index contributed by atoms with van der Waals surface area (Å²) in [6, 6.07) is 4.69. The van der Waals surface area contributed by atoms with E-state index in [0.717, 1.165) is 16.7 Å². The van der Waals surface area contributed by atoms with Gasteiger partial charge in [0.15, 0.2) is 0 Å². The molecule has 2 aliphatic heterocycles.